The smallest absolute Gasteiger partial charge is 0.409 e. The van der Waals surface area contributed by atoms with E-state index in [9.17, 15) is 9.59 Å². The summed E-state index contributed by atoms with van der Waals surface area (Å²) in [7, 11) is 1.59. The first kappa shape index (κ1) is 17.9. The van der Waals surface area contributed by atoms with Crippen LogP contribution >= 0.6 is 0 Å². The third kappa shape index (κ3) is 3.24. The van der Waals surface area contributed by atoms with E-state index in [2.05, 4.69) is 24.3 Å². The molecule has 6 heteroatoms. The van der Waals surface area contributed by atoms with Crippen molar-refractivity contribution in [3.8, 4) is 11.1 Å². The molecule has 142 valence electrons. The van der Waals surface area contributed by atoms with Gasteiger partial charge >= 0.3 is 12.1 Å². The zero-order chi connectivity index (χ0) is 19.7. The number of hydrogen-bond donors (Lipinski definition) is 1. The lowest BCUT2D eigenvalue weighted by Gasteiger charge is -2.19. The standard InChI is InChI=1S/C22H19NO5/c1-23(12-14-10-11-20(28-14)21(24)25)22(26)27-13-19-17-8-4-2-6-15(17)16-7-3-5-9-18(16)19/h2-11,19H,12-13H2,1H3,(H,24,25). The predicted molar refractivity (Wildman–Crippen MR) is 102 cm³/mol. The number of carbonyl (C=O) groups is 2. The van der Waals surface area contributed by atoms with Crippen molar-refractivity contribution in [2.45, 2.75) is 12.5 Å². The Kier molecular flexibility index (Phi) is 4.61. The highest BCUT2D eigenvalue weighted by Gasteiger charge is 2.29. The van der Waals surface area contributed by atoms with Gasteiger partial charge in [0.2, 0.25) is 5.76 Å². The Morgan fingerprint density at radius 2 is 1.61 bits per heavy atom. The molecular formula is C22H19NO5. The van der Waals surface area contributed by atoms with Crippen LogP contribution in [0.2, 0.25) is 0 Å². The fraction of sp³-hybridized carbons (Fsp3) is 0.182. The summed E-state index contributed by atoms with van der Waals surface area (Å²) in [6.45, 7) is 0.361. The summed E-state index contributed by atoms with van der Waals surface area (Å²) in [6.07, 6.45) is -0.491. The van der Waals surface area contributed by atoms with Crippen LogP contribution < -0.4 is 0 Å². The number of hydrogen-bond acceptors (Lipinski definition) is 4. The molecule has 0 radical (unpaired) electrons. The number of carboxylic acids is 1. The van der Waals surface area contributed by atoms with Gasteiger partial charge in [-0.3, -0.25) is 0 Å². The van der Waals surface area contributed by atoms with Crippen LogP contribution in [-0.4, -0.2) is 35.7 Å². The number of aromatic carboxylic acids is 1. The van der Waals surface area contributed by atoms with E-state index < -0.39 is 12.1 Å². The normalized spacial score (nSPS) is 12.3. The zero-order valence-electron chi connectivity index (χ0n) is 15.3. The number of rotatable bonds is 5. The SMILES string of the molecule is CN(Cc1ccc(C(=O)O)o1)C(=O)OCC1c2ccccc2-c2ccccc21. The number of carboxylic acid groups (broad SMARTS) is 1. The van der Waals surface area contributed by atoms with Gasteiger partial charge in [-0.1, -0.05) is 48.5 Å². The molecule has 2 aromatic carbocycles. The number of carbonyl (C=O) groups excluding carboxylic acids is 1. The molecule has 1 aliphatic carbocycles. The Morgan fingerprint density at radius 1 is 1.00 bits per heavy atom. The first-order chi connectivity index (χ1) is 13.5. The van der Waals surface area contributed by atoms with Crippen molar-refractivity contribution in [1.82, 2.24) is 4.90 Å². The van der Waals surface area contributed by atoms with E-state index in [0.29, 0.717) is 5.76 Å². The van der Waals surface area contributed by atoms with Crippen LogP contribution in [0.4, 0.5) is 4.79 Å². The minimum atomic E-state index is -1.14. The van der Waals surface area contributed by atoms with Crippen molar-refractivity contribution in [2.75, 3.05) is 13.7 Å². The van der Waals surface area contributed by atoms with E-state index >= 15 is 0 Å². The van der Waals surface area contributed by atoms with Crippen LogP contribution in [0.15, 0.2) is 65.1 Å². The summed E-state index contributed by atoms with van der Waals surface area (Å²) < 4.78 is 10.7. The Balaban J connectivity index is 1.44. The van der Waals surface area contributed by atoms with Crippen LogP contribution in [0.1, 0.15) is 33.4 Å². The maximum absolute atomic E-state index is 12.4. The number of benzene rings is 2. The molecule has 28 heavy (non-hydrogen) atoms. The summed E-state index contributed by atoms with van der Waals surface area (Å²) >= 11 is 0. The molecule has 1 aliphatic rings. The minimum Gasteiger partial charge on any atom is -0.475 e. The van der Waals surface area contributed by atoms with Gasteiger partial charge in [0.1, 0.15) is 12.4 Å². The van der Waals surface area contributed by atoms with Crippen molar-refractivity contribution < 1.29 is 23.8 Å². The van der Waals surface area contributed by atoms with E-state index in [1.165, 1.54) is 28.2 Å². The first-order valence-electron chi connectivity index (χ1n) is 8.92. The molecule has 4 rings (SSSR count). The molecule has 1 N–H and O–H groups in total. The fourth-order valence-corrected chi connectivity index (χ4v) is 3.58. The second-order valence-corrected chi connectivity index (χ2v) is 6.73. The molecule has 0 aliphatic heterocycles. The highest BCUT2D eigenvalue weighted by molar-refractivity contribution is 5.84. The second kappa shape index (κ2) is 7.23. The molecule has 0 atom stereocenters. The van der Waals surface area contributed by atoms with Crippen molar-refractivity contribution in [3.63, 3.8) is 0 Å². The number of amides is 1. The minimum absolute atomic E-state index is 0.00743. The van der Waals surface area contributed by atoms with Crippen LogP contribution in [0.3, 0.4) is 0 Å². The Morgan fingerprint density at radius 3 is 2.18 bits per heavy atom. The van der Waals surface area contributed by atoms with E-state index in [0.717, 1.165) is 11.1 Å². The predicted octanol–water partition coefficient (Wildman–Crippen LogP) is 4.36. The van der Waals surface area contributed by atoms with Gasteiger partial charge in [0.15, 0.2) is 0 Å². The maximum atomic E-state index is 12.4. The van der Waals surface area contributed by atoms with Crippen LogP contribution in [0, 0.1) is 0 Å². The van der Waals surface area contributed by atoms with Crippen molar-refractivity contribution in [2.24, 2.45) is 0 Å². The second-order valence-electron chi connectivity index (χ2n) is 6.73. The summed E-state index contributed by atoms with van der Waals surface area (Å²) in [5.74, 6) is -0.925. The molecule has 0 saturated heterocycles. The molecule has 1 amide bonds. The van der Waals surface area contributed by atoms with Gasteiger partial charge in [-0.2, -0.15) is 0 Å². The molecule has 6 nitrogen and oxygen atoms in total. The van der Waals surface area contributed by atoms with Crippen molar-refractivity contribution in [1.29, 1.82) is 0 Å². The van der Waals surface area contributed by atoms with Gasteiger partial charge in [0, 0.05) is 13.0 Å². The van der Waals surface area contributed by atoms with Gasteiger partial charge in [-0.05, 0) is 34.4 Å². The highest BCUT2D eigenvalue weighted by atomic mass is 16.6. The molecule has 0 fully saturated rings. The lowest BCUT2D eigenvalue weighted by Crippen LogP contribution is -2.28. The highest BCUT2D eigenvalue weighted by Crippen LogP contribution is 2.44. The average Bonchev–Trinajstić information content (AvgIpc) is 3.29. The summed E-state index contributed by atoms with van der Waals surface area (Å²) in [5, 5.41) is 8.91. The zero-order valence-corrected chi connectivity index (χ0v) is 15.3. The van der Waals surface area contributed by atoms with Gasteiger partial charge in [-0.15, -0.1) is 0 Å². The van der Waals surface area contributed by atoms with Gasteiger partial charge in [-0.25, -0.2) is 9.59 Å². The number of furan rings is 1. The molecule has 0 bridgehead atoms. The largest absolute Gasteiger partial charge is 0.475 e. The monoisotopic (exact) mass is 377 g/mol. The molecule has 0 unspecified atom stereocenters. The molecule has 0 spiro atoms. The van der Waals surface area contributed by atoms with E-state index in [4.69, 9.17) is 14.3 Å². The van der Waals surface area contributed by atoms with E-state index in [1.807, 2.05) is 24.3 Å². The van der Waals surface area contributed by atoms with Gasteiger partial charge in [0.25, 0.3) is 0 Å². The summed E-state index contributed by atoms with van der Waals surface area (Å²) in [4.78, 5) is 24.7. The first-order valence-corrected chi connectivity index (χ1v) is 8.92. The molecule has 1 heterocycles. The Labute approximate surface area is 162 Å². The Hall–Kier alpha value is -3.54. The molecule has 1 aromatic heterocycles. The van der Waals surface area contributed by atoms with Gasteiger partial charge in [0.05, 0.1) is 6.54 Å². The number of fused-ring (bicyclic) bond motifs is 3. The number of ether oxygens (including phenoxy) is 1. The summed E-state index contributed by atoms with van der Waals surface area (Å²) in [6, 6.07) is 19.2. The average molecular weight is 377 g/mol. The lowest BCUT2D eigenvalue weighted by atomic mass is 9.98. The molecule has 0 saturated carbocycles. The van der Waals surface area contributed by atoms with E-state index in [-0.39, 0.29) is 24.8 Å². The number of nitrogens with zero attached hydrogens (tertiary/aromatic N) is 1. The maximum Gasteiger partial charge on any atom is 0.409 e. The quantitative estimate of drug-likeness (QED) is 0.715. The van der Waals surface area contributed by atoms with Crippen LogP contribution in [-0.2, 0) is 11.3 Å². The van der Waals surface area contributed by atoms with Crippen LogP contribution in [0.5, 0.6) is 0 Å². The van der Waals surface area contributed by atoms with Crippen molar-refractivity contribution in [3.05, 3.63) is 83.3 Å². The topological polar surface area (TPSA) is 80.0 Å². The Bertz CT molecular complexity index is 993. The van der Waals surface area contributed by atoms with Crippen molar-refractivity contribution >= 4 is 12.1 Å². The van der Waals surface area contributed by atoms with Crippen LogP contribution in [0.25, 0.3) is 11.1 Å². The summed E-state index contributed by atoms with van der Waals surface area (Å²) in [5.41, 5.74) is 4.64. The third-order valence-corrected chi connectivity index (χ3v) is 4.91. The molecule has 3 aromatic rings. The van der Waals surface area contributed by atoms with Gasteiger partial charge < -0.3 is 19.2 Å². The van der Waals surface area contributed by atoms with E-state index in [1.54, 1.807) is 7.05 Å². The third-order valence-electron chi connectivity index (χ3n) is 4.91. The molecular weight excluding hydrogens is 358 g/mol. The fourth-order valence-electron chi connectivity index (χ4n) is 3.58. The lowest BCUT2D eigenvalue weighted by molar-refractivity contribution is 0.0658.